The van der Waals surface area contributed by atoms with Crippen LogP contribution in [0.1, 0.15) is 36.8 Å². The molecule has 0 fully saturated rings. The zero-order valence-corrected chi connectivity index (χ0v) is 11.0. The van der Waals surface area contributed by atoms with E-state index < -0.39 is 0 Å². The van der Waals surface area contributed by atoms with Crippen molar-refractivity contribution in [3.63, 3.8) is 0 Å². The average molecular weight is 260 g/mol. The van der Waals surface area contributed by atoms with Crippen LogP contribution in [0, 0.1) is 22.7 Å². The summed E-state index contributed by atoms with van der Waals surface area (Å²) in [6, 6.07) is 9.41. The summed E-state index contributed by atoms with van der Waals surface area (Å²) < 4.78 is 0. The lowest BCUT2D eigenvalue weighted by molar-refractivity contribution is 0.283. The maximum Gasteiger partial charge on any atom is 0.101 e. The van der Waals surface area contributed by atoms with Crippen LogP contribution in [0.4, 0.5) is 0 Å². The van der Waals surface area contributed by atoms with Crippen LogP contribution >= 0.6 is 11.8 Å². The van der Waals surface area contributed by atoms with Gasteiger partial charge in [0.25, 0.3) is 0 Å². The first-order valence-corrected chi connectivity index (χ1v) is 6.98. The molecular weight excluding hydrogens is 244 g/mol. The molecule has 3 nitrogen and oxygen atoms in total. The smallest absolute Gasteiger partial charge is 0.101 e. The van der Waals surface area contributed by atoms with Gasteiger partial charge in [-0.05, 0) is 36.8 Å². The predicted octanol–water partition coefficient (Wildman–Crippen LogP) is 3.07. The Morgan fingerprint density at radius 1 is 1.00 bits per heavy atom. The fourth-order valence-corrected chi connectivity index (χ4v) is 2.51. The lowest BCUT2D eigenvalue weighted by Gasteiger charge is -2.03. The number of hydrogen-bond donors (Lipinski definition) is 1. The number of aliphatic hydroxyl groups is 1. The van der Waals surface area contributed by atoms with Gasteiger partial charge in [-0.15, -0.1) is 11.8 Å². The van der Waals surface area contributed by atoms with E-state index in [1.54, 1.807) is 23.9 Å². The minimum atomic E-state index is 0.272. The van der Waals surface area contributed by atoms with Crippen LogP contribution in [0.3, 0.4) is 0 Å². The summed E-state index contributed by atoms with van der Waals surface area (Å²) in [6.07, 6.45) is 4.16. The highest BCUT2D eigenvalue weighted by atomic mass is 32.2. The van der Waals surface area contributed by atoms with Gasteiger partial charge in [-0.3, -0.25) is 0 Å². The van der Waals surface area contributed by atoms with Crippen molar-refractivity contribution < 1.29 is 5.11 Å². The molecule has 0 atom stereocenters. The topological polar surface area (TPSA) is 67.8 Å². The van der Waals surface area contributed by atoms with Crippen LogP contribution in [0.2, 0.25) is 0 Å². The van der Waals surface area contributed by atoms with Gasteiger partial charge in [0.15, 0.2) is 0 Å². The van der Waals surface area contributed by atoms with E-state index >= 15 is 0 Å². The van der Waals surface area contributed by atoms with Crippen LogP contribution in [0.25, 0.3) is 0 Å². The third kappa shape index (κ3) is 4.79. The molecular formula is C14H16N2OS. The number of nitriles is 2. The molecule has 1 aromatic rings. The van der Waals surface area contributed by atoms with E-state index in [1.165, 1.54) is 0 Å². The average Bonchev–Trinajstić information content (AvgIpc) is 2.42. The second kappa shape index (κ2) is 8.58. The van der Waals surface area contributed by atoms with Gasteiger partial charge in [0.2, 0.25) is 0 Å². The summed E-state index contributed by atoms with van der Waals surface area (Å²) in [5.41, 5.74) is 0.882. The molecule has 18 heavy (non-hydrogen) atoms. The van der Waals surface area contributed by atoms with Crippen LogP contribution in [-0.2, 0) is 0 Å². The van der Waals surface area contributed by atoms with E-state index in [9.17, 15) is 0 Å². The molecule has 0 radical (unpaired) electrons. The van der Waals surface area contributed by atoms with Crippen LogP contribution in [-0.4, -0.2) is 17.5 Å². The van der Waals surface area contributed by atoms with Gasteiger partial charge >= 0.3 is 0 Å². The summed E-state index contributed by atoms with van der Waals surface area (Å²) >= 11 is 1.70. The number of nitrogens with zero attached hydrogens (tertiary/aromatic N) is 2. The Kier molecular flexibility index (Phi) is 6.94. The maximum absolute atomic E-state index is 8.91. The normalized spacial score (nSPS) is 9.72. The molecule has 0 aliphatic rings. The number of thioether (sulfide) groups is 1. The van der Waals surface area contributed by atoms with Gasteiger partial charge in [-0.25, -0.2) is 0 Å². The van der Waals surface area contributed by atoms with E-state index in [1.807, 2.05) is 18.2 Å². The maximum atomic E-state index is 8.91. The van der Waals surface area contributed by atoms with Gasteiger partial charge < -0.3 is 5.11 Å². The fourth-order valence-electron chi connectivity index (χ4n) is 1.56. The standard InChI is InChI=1S/C14H16N2OS/c15-10-12-5-6-14(9-13(12)11-16)18-8-4-2-1-3-7-17/h5-6,9,17H,1-4,7-8H2. The summed E-state index contributed by atoms with van der Waals surface area (Å²) in [5.74, 6) is 1.00. The summed E-state index contributed by atoms with van der Waals surface area (Å²) in [7, 11) is 0. The van der Waals surface area contributed by atoms with Gasteiger partial charge in [-0.1, -0.05) is 12.8 Å². The Bertz CT molecular complexity index is 460. The molecule has 0 amide bonds. The third-order valence-corrected chi connectivity index (χ3v) is 3.63. The molecule has 1 rings (SSSR count). The molecule has 94 valence electrons. The number of benzene rings is 1. The Morgan fingerprint density at radius 3 is 2.39 bits per heavy atom. The molecule has 4 heteroatoms. The molecule has 1 N–H and O–H groups in total. The SMILES string of the molecule is N#Cc1ccc(SCCCCCCO)cc1C#N. The molecule has 0 aliphatic carbocycles. The van der Waals surface area contributed by atoms with Crippen molar-refractivity contribution in [2.45, 2.75) is 30.6 Å². The van der Waals surface area contributed by atoms with Gasteiger partial charge in [0.05, 0.1) is 11.1 Å². The summed E-state index contributed by atoms with van der Waals surface area (Å²) in [6.45, 7) is 0.272. The molecule has 1 aromatic carbocycles. The quantitative estimate of drug-likeness (QED) is 0.604. The highest BCUT2D eigenvalue weighted by molar-refractivity contribution is 7.99. The lowest BCUT2D eigenvalue weighted by Crippen LogP contribution is -1.87. The van der Waals surface area contributed by atoms with E-state index in [0.717, 1.165) is 36.3 Å². The fraction of sp³-hybridized carbons (Fsp3) is 0.429. The van der Waals surface area contributed by atoms with E-state index in [-0.39, 0.29) is 6.61 Å². The lowest BCUT2D eigenvalue weighted by atomic mass is 10.1. The number of unbranched alkanes of at least 4 members (excludes halogenated alkanes) is 3. The largest absolute Gasteiger partial charge is 0.396 e. The van der Waals surface area contributed by atoms with E-state index in [0.29, 0.717) is 11.1 Å². The molecule has 0 spiro atoms. The van der Waals surface area contributed by atoms with Crippen molar-refractivity contribution in [2.75, 3.05) is 12.4 Å². The van der Waals surface area contributed by atoms with Crippen LogP contribution in [0.5, 0.6) is 0 Å². The Balaban J connectivity index is 2.40. The molecule has 0 saturated heterocycles. The zero-order valence-electron chi connectivity index (χ0n) is 10.2. The van der Waals surface area contributed by atoms with Gasteiger partial charge in [0.1, 0.15) is 12.1 Å². The summed E-state index contributed by atoms with van der Waals surface area (Å²) in [4.78, 5) is 1.03. The molecule has 0 heterocycles. The first-order chi connectivity index (χ1) is 8.81. The van der Waals surface area contributed by atoms with Crippen LogP contribution in [0.15, 0.2) is 23.1 Å². The van der Waals surface area contributed by atoms with Crippen molar-refractivity contribution in [3.05, 3.63) is 29.3 Å². The molecule has 0 aliphatic heterocycles. The van der Waals surface area contributed by atoms with Crippen LogP contribution < -0.4 is 0 Å². The minimum Gasteiger partial charge on any atom is -0.396 e. The van der Waals surface area contributed by atoms with Crippen molar-refractivity contribution in [2.24, 2.45) is 0 Å². The number of rotatable bonds is 7. The second-order valence-corrected chi connectivity index (χ2v) is 5.09. The first-order valence-electron chi connectivity index (χ1n) is 5.99. The Morgan fingerprint density at radius 2 is 1.72 bits per heavy atom. The Hall–Kier alpha value is -1.49. The van der Waals surface area contributed by atoms with Crippen molar-refractivity contribution in [1.82, 2.24) is 0 Å². The highest BCUT2D eigenvalue weighted by Crippen LogP contribution is 2.22. The molecule has 0 saturated carbocycles. The molecule has 0 bridgehead atoms. The van der Waals surface area contributed by atoms with Gasteiger partial charge in [-0.2, -0.15) is 10.5 Å². The summed E-state index contributed by atoms with van der Waals surface area (Å²) in [5, 5.41) is 26.4. The minimum absolute atomic E-state index is 0.272. The Labute approximate surface area is 112 Å². The molecule has 0 aromatic heterocycles. The number of aliphatic hydroxyl groups excluding tert-OH is 1. The van der Waals surface area contributed by atoms with E-state index in [4.69, 9.17) is 15.6 Å². The van der Waals surface area contributed by atoms with E-state index in [2.05, 4.69) is 0 Å². The monoisotopic (exact) mass is 260 g/mol. The third-order valence-electron chi connectivity index (χ3n) is 2.55. The number of hydrogen-bond acceptors (Lipinski definition) is 4. The van der Waals surface area contributed by atoms with Crippen molar-refractivity contribution in [1.29, 1.82) is 10.5 Å². The second-order valence-electron chi connectivity index (χ2n) is 3.92. The highest BCUT2D eigenvalue weighted by Gasteiger charge is 2.03. The predicted molar refractivity (Wildman–Crippen MR) is 72.1 cm³/mol. The molecule has 0 unspecified atom stereocenters. The van der Waals surface area contributed by atoms with Crippen molar-refractivity contribution >= 4 is 11.8 Å². The first kappa shape index (κ1) is 14.6. The van der Waals surface area contributed by atoms with Gasteiger partial charge in [0, 0.05) is 11.5 Å². The zero-order chi connectivity index (χ0) is 13.2. The van der Waals surface area contributed by atoms with Crippen molar-refractivity contribution in [3.8, 4) is 12.1 Å².